The Hall–Kier alpha value is -3.12. The molecule has 2 aromatic rings. The average Bonchev–Trinajstić information content (AvgIpc) is 3.73. The Morgan fingerprint density at radius 3 is 2.74 bits per heavy atom. The van der Waals surface area contributed by atoms with Gasteiger partial charge in [0, 0.05) is 43.6 Å². The van der Waals surface area contributed by atoms with Crippen LogP contribution in [0, 0.1) is 0 Å². The van der Waals surface area contributed by atoms with Crippen molar-refractivity contribution < 1.29 is 17.9 Å². The summed E-state index contributed by atoms with van der Waals surface area (Å²) >= 11 is 0. The van der Waals surface area contributed by atoms with Crippen LogP contribution in [0.2, 0.25) is 0 Å². The van der Waals surface area contributed by atoms with Gasteiger partial charge in [0.1, 0.15) is 18.2 Å². The Balaban J connectivity index is 1.18. The van der Waals surface area contributed by atoms with Gasteiger partial charge in [0.15, 0.2) is 0 Å². The lowest BCUT2D eigenvalue weighted by Crippen LogP contribution is -2.58. The van der Waals surface area contributed by atoms with E-state index in [0.29, 0.717) is 44.0 Å². The van der Waals surface area contributed by atoms with E-state index >= 15 is 0 Å². The number of nitrogens with two attached hydrogens (primary N) is 1. The molecular formula is C22H27N7O4S. The van der Waals surface area contributed by atoms with Gasteiger partial charge >= 0.3 is 0 Å². The molecule has 1 atom stereocenters. The van der Waals surface area contributed by atoms with E-state index in [4.69, 9.17) is 10.5 Å². The van der Waals surface area contributed by atoms with Crippen LogP contribution in [-0.4, -0.2) is 72.2 Å². The number of fused-ring (bicyclic) bond motifs is 3. The number of carbonyl (C=O) groups is 1. The van der Waals surface area contributed by atoms with E-state index in [1.54, 1.807) is 4.31 Å². The number of anilines is 4. The van der Waals surface area contributed by atoms with E-state index in [0.717, 1.165) is 42.8 Å². The highest BCUT2D eigenvalue weighted by Gasteiger charge is 2.44. The Bertz CT molecular complexity index is 1250. The number of piperazine rings is 1. The zero-order valence-electron chi connectivity index (χ0n) is 18.6. The average molecular weight is 486 g/mol. The van der Waals surface area contributed by atoms with Gasteiger partial charge in [-0.15, -0.1) is 0 Å². The molecule has 2 aliphatic heterocycles. The molecule has 34 heavy (non-hydrogen) atoms. The summed E-state index contributed by atoms with van der Waals surface area (Å²) in [6.07, 6.45) is 5.05. The van der Waals surface area contributed by atoms with E-state index in [1.165, 1.54) is 6.20 Å². The topological polar surface area (TPSA) is 143 Å². The fourth-order valence-corrected chi connectivity index (χ4v) is 6.38. The maximum atomic E-state index is 12.6. The Morgan fingerprint density at radius 2 is 2.00 bits per heavy atom. The van der Waals surface area contributed by atoms with E-state index in [9.17, 15) is 13.2 Å². The first kappa shape index (κ1) is 21.4. The molecule has 180 valence electrons. The van der Waals surface area contributed by atoms with Crippen LogP contribution < -0.4 is 26.0 Å². The number of benzene rings is 1. The minimum atomic E-state index is -3.18. The summed E-state index contributed by atoms with van der Waals surface area (Å²) < 4.78 is 33.0. The van der Waals surface area contributed by atoms with Gasteiger partial charge in [0.2, 0.25) is 16.0 Å². The van der Waals surface area contributed by atoms with E-state index in [1.807, 2.05) is 18.2 Å². The Kier molecular flexibility index (Phi) is 5.03. The molecule has 0 unspecified atom stereocenters. The molecule has 0 bridgehead atoms. The number of rotatable bonds is 7. The third-order valence-corrected chi connectivity index (χ3v) is 9.05. The van der Waals surface area contributed by atoms with Gasteiger partial charge in [-0.3, -0.25) is 4.79 Å². The molecule has 1 amide bonds. The van der Waals surface area contributed by atoms with Crippen LogP contribution in [0.1, 0.15) is 36.0 Å². The Morgan fingerprint density at radius 1 is 1.18 bits per heavy atom. The predicted octanol–water partition coefficient (Wildman–Crippen LogP) is 1.27. The van der Waals surface area contributed by atoms with Crippen molar-refractivity contribution in [1.82, 2.24) is 14.3 Å². The molecule has 11 nitrogen and oxygen atoms in total. The molecule has 0 spiro atoms. The standard InChI is InChI=1S/C22H27N7O4S/c23-20(30)17-10-24-22(27-21(17)25-13-1-2-13)26-14-3-6-18-19(9-14)33-12-15-11-28(7-8-29(15)18)34(31,32)16-4-5-16/h3,6,9-10,13,15-16H,1-2,4-5,7-8,11-12H2,(H2,23,30)(H2,24,25,26,27)/t15-/m0/s1. The fraction of sp³-hybridized carbons (Fsp3) is 0.500. The quantitative estimate of drug-likeness (QED) is 0.528. The van der Waals surface area contributed by atoms with Crippen LogP contribution in [0.15, 0.2) is 24.4 Å². The molecule has 3 fully saturated rings. The number of ether oxygens (including phenoxy) is 1. The van der Waals surface area contributed by atoms with Crippen LogP contribution in [0.25, 0.3) is 0 Å². The van der Waals surface area contributed by atoms with Crippen molar-refractivity contribution >= 4 is 39.1 Å². The van der Waals surface area contributed by atoms with E-state index < -0.39 is 15.9 Å². The first-order valence-electron chi connectivity index (χ1n) is 11.6. The zero-order chi connectivity index (χ0) is 23.4. The summed E-state index contributed by atoms with van der Waals surface area (Å²) in [6.45, 7) is 2.00. The second-order valence-corrected chi connectivity index (χ2v) is 11.5. The van der Waals surface area contributed by atoms with E-state index in [2.05, 4.69) is 25.5 Å². The Labute approximate surface area is 197 Å². The molecule has 3 heterocycles. The second-order valence-electron chi connectivity index (χ2n) is 9.31. The maximum Gasteiger partial charge on any atom is 0.254 e. The first-order chi connectivity index (χ1) is 16.4. The molecular weight excluding hydrogens is 458 g/mol. The SMILES string of the molecule is NC(=O)c1cnc(Nc2ccc3c(c2)OC[C@@H]2CN(S(=O)(=O)C4CC4)CCN32)nc1NC1CC1. The smallest absolute Gasteiger partial charge is 0.254 e. The van der Waals surface area contributed by atoms with Crippen molar-refractivity contribution in [2.75, 3.05) is 41.8 Å². The normalized spacial score (nSPS) is 22.4. The molecule has 2 aliphatic carbocycles. The van der Waals surface area contributed by atoms with Crippen molar-refractivity contribution in [2.24, 2.45) is 5.73 Å². The van der Waals surface area contributed by atoms with Gasteiger partial charge in [0.25, 0.3) is 5.91 Å². The van der Waals surface area contributed by atoms with Gasteiger partial charge in [-0.2, -0.15) is 9.29 Å². The molecule has 12 heteroatoms. The minimum Gasteiger partial charge on any atom is -0.489 e. The summed E-state index contributed by atoms with van der Waals surface area (Å²) in [4.78, 5) is 22.6. The molecule has 0 radical (unpaired) electrons. The van der Waals surface area contributed by atoms with Gasteiger partial charge in [-0.1, -0.05) is 0 Å². The minimum absolute atomic E-state index is 0.00526. The number of aromatic nitrogens is 2. The van der Waals surface area contributed by atoms with Crippen molar-refractivity contribution in [3.63, 3.8) is 0 Å². The van der Waals surface area contributed by atoms with Gasteiger partial charge in [-0.25, -0.2) is 13.4 Å². The number of sulfonamides is 1. The molecule has 4 N–H and O–H groups in total. The molecule has 1 saturated heterocycles. The zero-order valence-corrected chi connectivity index (χ0v) is 19.4. The largest absolute Gasteiger partial charge is 0.489 e. The highest BCUT2D eigenvalue weighted by Crippen LogP contribution is 2.39. The number of nitrogens with one attached hydrogen (secondary N) is 2. The third kappa shape index (κ3) is 4.00. The summed E-state index contributed by atoms with van der Waals surface area (Å²) in [5.41, 5.74) is 7.42. The number of carbonyl (C=O) groups excluding carboxylic acids is 1. The summed E-state index contributed by atoms with van der Waals surface area (Å²) in [5.74, 6) is 0.936. The predicted molar refractivity (Wildman–Crippen MR) is 127 cm³/mol. The fourth-order valence-electron chi connectivity index (χ4n) is 4.51. The highest BCUT2D eigenvalue weighted by atomic mass is 32.2. The third-order valence-electron chi connectivity index (χ3n) is 6.68. The van der Waals surface area contributed by atoms with Crippen LogP contribution in [0.3, 0.4) is 0 Å². The van der Waals surface area contributed by atoms with Gasteiger partial charge in [0.05, 0.1) is 22.5 Å². The number of nitrogens with zero attached hydrogens (tertiary/aromatic N) is 4. The van der Waals surface area contributed by atoms with E-state index in [-0.39, 0.29) is 16.9 Å². The lowest BCUT2D eigenvalue weighted by atomic mass is 10.1. The van der Waals surface area contributed by atoms with Gasteiger partial charge < -0.3 is 26.0 Å². The highest BCUT2D eigenvalue weighted by molar-refractivity contribution is 7.90. The second kappa shape index (κ2) is 7.98. The number of hydrogen-bond donors (Lipinski definition) is 3. The maximum absolute atomic E-state index is 12.6. The molecule has 1 aromatic heterocycles. The first-order valence-corrected chi connectivity index (χ1v) is 13.1. The monoisotopic (exact) mass is 485 g/mol. The van der Waals surface area contributed by atoms with Gasteiger partial charge in [-0.05, 0) is 37.8 Å². The van der Waals surface area contributed by atoms with Crippen LogP contribution in [-0.2, 0) is 10.0 Å². The van der Waals surface area contributed by atoms with Crippen molar-refractivity contribution in [2.45, 2.75) is 43.0 Å². The summed E-state index contributed by atoms with van der Waals surface area (Å²) in [5, 5.41) is 6.21. The van der Waals surface area contributed by atoms with Crippen LogP contribution in [0.5, 0.6) is 5.75 Å². The molecule has 6 rings (SSSR count). The van der Waals surface area contributed by atoms with Crippen molar-refractivity contribution in [1.29, 1.82) is 0 Å². The lowest BCUT2D eigenvalue weighted by Gasteiger charge is -2.45. The molecule has 4 aliphatic rings. The van der Waals surface area contributed by atoms with Crippen LogP contribution in [0.4, 0.5) is 23.1 Å². The van der Waals surface area contributed by atoms with Crippen molar-refractivity contribution in [3.8, 4) is 5.75 Å². The lowest BCUT2D eigenvalue weighted by molar-refractivity contribution is 0.100. The molecule has 2 saturated carbocycles. The summed E-state index contributed by atoms with van der Waals surface area (Å²) in [7, 11) is -3.18. The van der Waals surface area contributed by atoms with Crippen molar-refractivity contribution in [3.05, 3.63) is 30.0 Å². The molecule has 1 aromatic carbocycles. The number of amides is 1. The van der Waals surface area contributed by atoms with Crippen LogP contribution >= 0.6 is 0 Å². The summed E-state index contributed by atoms with van der Waals surface area (Å²) in [6, 6.07) is 6.07. The number of primary amides is 1. The number of hydrogen-bond acceptors (Lipinski definition) is 9.